The first-order valence-corrected chi connectivity index (χ1v) is 9.52. The van der Waals surface area contributed by atoms with Crippen molar-refractivity contribution in [2.24, 2.45) is 0 Å². The number of fused-ring (bicyclic) bond motifs is 1. The van der Waals surface area contributed by atoms with Gasteiger partial charge in [0, 0.05) is 25.2 Å². The maximum atomic E-state index is 12.8. The van der Waals surface area contributed by atoms with E-state index in [1.165, 1.54) is 11.1 Å². The summed E-state index contributed by atoms with van der Waals surface area (Å²) in [5, 5.41) is 9.41. The van der Waals surface area contributed by atoms with Crippen molar-refractivity contribution in [2.45, 2.75) is 57.7 Å². The fraction of sp³-hybridized carbons (Fsp3) is 0.600. The third kappa shape index (κ3) is 4.55. The van der Waals surface area contributed by atoms with Crippen LogP contribution in [0.4, 0.5) is 4.79 Å². The Hall–Kier alpha value is -2.08. The van der Waals surface area contributed by atoms with E-state index in [-0.39, 0.29) is 29.6 Å². The molecule has 1 aromatic carbocycles. The molecule has 2 atom stereocenters. The quantitative estimate of drug-likeness (QED) is 0.757. The predicted molar refractivity (Wildman–Crippen MR) is 102 cm³/mol. The molecule has 3 N–H and O–H groups in total. The molecule has 6 heteroatoms. The normalized spacial score (nSPS) is 23.1. The van der Waals surface area contributed by atoms with Gasteiger partial charge in [-0.25, -0.2) is 4.79 Å². The maximum absolute atomic E-state index is 12.8. The Morgan fingerprint density at radius 3 is 2.77 bits per heavy atom. The smallest absolute Gasteiger partial charge is 0.317 e. The molecule has 1 fully saturated rings. The molecule has 1 heterocycles. The van der Waals surface area contributed by atoms with Gasteiger partial charge in [0.1, 0.15) is 6.04 Å². The lowest BCUT2D eigenvalue weighted by molar-refractivity contribution is -0.124. The summed E-state index contributed by atoms with van der Waals surface area (Å²) >= 11 is 0. The summed E-state index contributed by atoms with van der Waals surface area (Å²) in [6.45, 7) is 7.49. The Kier molecular flexibility index (Phi) is 5.51. The lowest BCUT2D eigenvalue weighted by atomic mass is 9.87. The molecule has 2 aliphatic rings. The summed E-state index contributed by atoms with van der Waals surface area (Å²) in [5.41, 5.74) is 2.27. The molecule has 142 valence electrons. The molecular weight excluding hydrogens is 328 g/mol. The van der Waals surface area contributed by atoms with Crippen LogP contribution in [-0.4, -0.2) is 48.1 Å². The summed E-state index contributed by atoms with van der Waals surface area (Å²) in [4.78, 5) is 26.9. The van der Waals surface area contributed by atoms with E-state index in [9.17, 15) is 9.59 Å². The molecule has 0 saturated carbocycles. The standard InChI is InChI=1S/C20H30N4O2/c1-20(2,3)23-19(26)24-12-11-21-17(13-24)18(25)22-16-10-6-8-14-7-4-5-9-15(14)16/h4-5,7,9,16-17,21H,6,8,10-13H2,1-3H3,(H,22,25)(H,23,26). The van der Waals surface area contributed by atoms with E-state index < -0.39 is 0 Å². The van der Waals surface area contributed by atoms with Gasteiger partial charge < -0.3 is 20.9 Å². The van der Waals surface area contributed by atoms with E-state index >= 15 is 0 Å². The van der Waals surface area contributed by atoms with Gasteiger partial charge in [0.05, 0.1) is 6.04 Å². The number of hydrogen-bond acceptors (Lipinski definition) is 3. The minimum atomic E-state index is -0.372. The fourth-order valence-electron chi connectivity index (χ4n) is 3.69. The van der Waals surface area contributed by atoms with Crippen LogP contribution in [0.2, 0.25) is 0 Å². The van der Waals surface area contributed by atoms with Gasteiger partial charge in [0.15, 0.2) is 0 Å². The van der Waals surface area contributed by atoms with Crippen LogP contribution < -0.4 is 16.0 Å². The van der Waals surface area contributed by atoms with Gasteiger partial charge in [-0.05, 0) is 51.2 Å². The molecule has 1 aliphatic heterocycles. The van der Waals surface area contributed by atoms with Crippen LogP contribution in [0.25, 0.3) is 0 Å². The number of nitrogens with one attached hydrogen (secondary N) is 3. The van der Waals surface area contributed by atoms with Crippen LogP contribution in [0.1, 0.15) is 50.8 Å². The van der Waals surface area contributed by atoms with Gasteiger partial charge in [-0.2, -0.15) is 0 Å². The SMILES string of the molecule is CC(C)(C)NC(=O)N1CCNC(C(=O)NC2CCCc3ccccc32)C1. The highest BCUT2D eigenvalue weighted by molar-refractivity contribution is 5.84. The van der Waals surface area contributed by atoms with Crippen molar-refractivity contribution < 1.29 is 9.59 Å². The average molecular weight is 358 g/mol. The van der Waals surface area contributed by atoms with Gasteiger partial charge in [-0.3, -0.25) is 4.79 Å². The molecule has 2 unspecified atom stereocenters. The van der Waals surface area contributed by atoms with Crippen LogP contribution in [0.5, 0.6) is 0 Å². The Labute approximate surface area is 155 Å². The minimum absolute atomic E-state index is 0.0278. The number of carbonyl (C=O) groups excluding carboxylic acids is 2. The third-order valence-electron chi connectivity index (χ3n) is 4.95. The molecule has 3 amide bonds. The van der Waals surface area contributed by atoms with E-state index in [2.05, 4.69) is 34.1 Å². The maximum Gasteiger partial charge on any atom is 0.317 e. The summed E-state index contributed by atoms with van der Waals surface area (Å²) in [7, 11) is 0. The van der Waals surface area contributed by atoms with Crippen molar-refractivity contribution in [1.82, 2.24) is 20.9 Å². The van der Waals surface area contributed by atoms with Crippen molar-refractivity contribution in [2.75, 3.05) is 19.6 Å². The number of carbonyl (C=O) groups is 2. The number of amides is 3. The zero-order chi connectivity index (χ0) is 18.7. The van der Waals surface area contributed by atoms with Crippen molar-refractivity contribution in [1.29, 1.82) is 0 Å². The number of hydrogen-bond donors (Lipinski definition) is 3. The highest BCUT2D eigenvalue weighted by atomic mass is 16.2. The number of piperazine rings is 1. The van der Waals surface area contributed by atoms with E-state index in [0.717, 1.165) is 19.3 Å². The number of benzene rings is 1. The molecule has 0 bridgehead atoms. The van der Waals surface area contributed by atoms with E-state index in [4.69, 9.17) is 0 Å². The molecular formula is C20H30N4O2. The topological polar surface area (TPSA) is 73.5 Å². The van der Waals surface area contributed by atoms with Crippen molar-refractivity contribution in [3.8, 4) is 0 Å². The second-order valence-corrected chi connectivity index (χ2v) is 8.29. The third-order valence-corrected chi connectivity index (χ3v) is 4.95. The zero-order valence-corrected chi connectivity index (χ0v) is 16.0. The second kappa shape index (κ2) is 7.66. The second-order valence-electron chi connectivity index (χ2n) is 8.29. The summed E-state index contributed by atoms with van der Waals surface area (Å²) in [6.07, 6.45) is 3.12. The summed E-state index contributed by atoms with van der Waals surface area (Å²) < 4.78 is 0. The van der Waals surface area contributed by atoms with Crippen LogP contribution in [0, 0.1) is 0 Å². The molecule has 0 spiro atoms. The van der Waals surface area contributed by atoms with E-state index in [1.807, 2.05) is 26.8 Å². The van der Waals surface area contributed by atoms with Gasteiger partial charge in [-0.1, -0.05) is 24.3 Å². The molecule has 0 aromatic heterocycles. The van der Waals surface area contributed by atoms with Gasteiger partial charge in [0.2, 0.25) is 5.91 Å². The van der Waals surface area contributed by atoms with Crippen LogP contribution in [-0.2, 0) is 11.2 Å². The summed E-state index contributed by atoms with van der Waals surface area (Å²) in [6, 6.07) is 7.91. The minimum Gasteiger partial charge on any atom is -0.348 e. The molecule has 1 aliphatic carbocycles. The largest absolute Gasteiger partial charge is 0.348 e. The molecule has 3 rings (SSSR count). The highest BCUT2D eigenvalue weighted by Crippen LogP contribution is 2.29. The predicted octanol–water partition coefficient (Wildman–Crippen LogP) is 1.96. The van der Waals surface area contributed by atoms with Crippen molar-refractivity contribution in [3.63, 3.8) is 0 Å². The Morgan fingerprint density at radius 2 is 2.00 bits per heavy atom. The number of aryl methyl sites for hydroxylation is 1. The zero-order valence-electron chi connectivity index (χ0n) is 16.0. The first-order valence-electron chi connectivity index (χ1n) is 9.52. The number of rotatable bonds is 2. The van der Waals surface area contributed by atoms with Gasteiger partial charge in [0.25, 0.3) is 0 Å². The molecule has 6 nitrogen and oxygen atoms in total. The fourth-order valence-corrected chi connectivity index (χ4v) is 3.69. The Morgan fingerprint density at radius 1 is 1.23 bits per heavy atom. The highest BCUT2D eigenvalue weighted by Gasteiger charge is 2.31. The average Bonchev–Trinajstić information content (AvgIpc) is 2.61. The van der Waals surface area contributed by atoms with Crippen molar-refractivity contribution in [3.05, 3.63) is 35.4 Å². The number of urea groups is 1. The molecule has 1 aromatic rings. The Balaban J connectivity index is 1.61. The molecule has 1 saturated heterocycles. The van der Waals surface area contributed by atoms with Gasteiger partial charge >= 0.3 is 6.03 Å². The lowest BCUT2D eigenvalue weighted by Crippen LogP contribution is -2.61. The first-order chi connectivity index (χ1) is 12.3. The first kappa shape index (κ1) is 18.7. The van der Waals surface area contributed by atoms with Crippen LogP contribution in [0.15, 0.2) is 24.3 Å². The Bertz CT molecular complexity index is 668. The lowest BCUT2D eigenvalue weighted by Gasteiger charge is -2.36. The van der Waals surface area contributed by atoms with E-state index in [1.54, 1.807) is 4.90 Å². The molecule has 0 radical (unpaired) electrons. The van der Waals surface area contributed by atoms with Crippen molar-refractivity contribution >= 4 is 11.9 Å². The number of nitrogens with zero attached hydrogens (tertiary/aromatic N) is 1. The summed E-state index contributed by atoms with van der Waals surface area (Å²) in [5.74, 6) is -0.0278. The monoisotopic (exact) mass is 358 g/mol. The van der Waals surface area contributed by atoms with Gasteiger partial charge in [-0.15, -0.1) is 0 Å². The van der Waals surface area contributed by atoms with Crippen LogP contribution in [0.3, 0.4) is 0 Å². The van der Waals surface area contributed by atoms with Crippen LogP contribution >= 0.6 is 0 Å². The van der Waals surface area contributed by atoms with E-state index in [0.29, 0.717) is 19.6 Å². The molecule has 26 heavy (non-hydrogen) atoms.